The van der Waals surface area contributed by atoms with Crippen molar-refractivity contribution in [1.82, 2.24) is 0 Å². The molecule has 2 N–H and O–H groups in total. The molecular weight excluding hydrogens is 419 g/mol. The van der Waals surface area contributed by atoms with E-state index in [9.17, 15) is 28.4 Å². The predicted octanol–water partition coefficient (Wildman–Crippen LogP) is 4.18. The van der Waals surface area contributed by atoms with Crippen molar-refractivity contribution in [3.05, 3.63) is 12.3 Å². The van der Waals surface area contributed by atoms with Crippen molar-refractivity contribution < 1.29 is 38.6 Å². The SMILES string of the molecule is C=C(O)C(=O)CC(=O)C1CC(C)(F)C12CC2.CC.CC1CCC(C(=O)CC(=O)C(=O)O)C1. The summed E-state index contributed by atoms with van der Waals surface area (Å²) in [6, 6.07) is 0. The molecule has 3 rings (SSSR count). The van der Waals surface area contributed by atoms with Gasteiger partial charge in [0.1, 0.15) is 17.2 Å². The molecule has 0 aromatic rings. The number of allylic oxidation sites excluding steroid dienone is 1. The van der Waals surface area contributed by atoms with Gasteiger partial charge in [-0.1, -0.05) is 27.4 Å². The zero-order valence-corrected chi connectivity index (χ0v) is 19.4. The van der Waals surface area contributed by atoms with Gasteiger partial charge >= 0.3 is 5.97 Å². The molecule has 4 atom stereocenters. The third kappa shape index (κ3) is 6.33. The van der Waals surface area contributed by atoms with Crippen LogP contribution in [0.15, 0.2) is 12.3 Å². The molecule has 3 fully saturated rings. The Morgan fingerprint density at radius 3 is 1.88 bits per heavy atom. The van der Waals surface area contributed by atoms with Crippen LogP contribution in [0.3, 0.4) is 0 Å². The van der Waals surface area contributed by atoms with Crippen molar-refractivity contribution in [1.29, 1.82) is 0 Å². The predicted molar refractivity (Wildman–Crippen MR) is 116 cm³/mol. The summed E-state index contributed by atoms with van der Waals surface area (Å²) < 4.78 is 13.8. The van der Waals surface area contributed by atoms with E-state index in [-0.39, 0.29) is 36.2 Å². The van der Waals surface area contributed by atoms with Crippen molar-refractivity contribution in [2.75, 3.05) is 0 Å². The number of carboxylic acids is 1. The first kappa shape index (κ1) is 27.7. The third-order valence-corrected chi connectivity index (χ3v) is 6.85. The van der Waals surface area contributed by atoms with Crippen molar-refractivity contribution in [2.24, 2.45) is 23.2 Å². The first-order valence-corrected chi connectivity index (χ1v) is 11.2. The quantitative estimate of drug-likeness (QED) is 0.244. The van der Waals surface area contributed by atoms with Gasteiger partial charge in [0, 0.05) is 17.3 Å². The molecule has 0 aromatic carbocycles. The molecule has 0 amide bonds. The van der Waals surface area contributed by atoms with E-state index in [4.69, 9.17) is 10.2 Å². The van der Waals surface area contributed by atoms with Crippen molar-refractivity contribution >= 4 is 29.1 Å². The van der Waals surface area contributed by atoms with E-state index in [0.29, 0.717) is 5.92 Å². The maximum absolute atomic E-state index is 13.8. The molecule has 7 nitrogen and oxygen atoms in total. The van der Waals surface area contributed by atoms with E-state index in [1.807, 2.05) is 13.8 Å². The first-order chi connectivity index (χ1) is 14.8. The number of aliphatic carboxylic acids is 1. The smallest absolute Gasteiger partial charge is 0.372 e. The van der Waals surface area contributed by atoms with Crippen LogP contribution in [0, 0.1) is 23.2 Å². The number of alkyl halides is 1. The van der Waals surface area contributed by atoms with E-state index < -0.39 is 40.8 Å². The molecule has 0 saturated heterocycles. The van der Waals surface area contributed by atoms with E-state index in [1.165, 1.54) is 6.92 Å². The number of ketones is 4. The highest BCUT2D eigenvalue weighted by Gasteiger charge is 2.72. The summed E-state index contributed by atoms with van der Waals surface area (Å²) in [5, 5.41) is 17.1. The zero-order valence-electron chi connectivity index (χ0n) is 19.4. The number of hydrogen-bond donors (Lipinski definition) is 2. The number of aliphatic hydroxyl groups excluding tert-OH is 1. The number of Topliss-reactive ketones (excluding diaryl/α,β-unsaturated/α-hetero) is 4. The summed E-state index contributed by atoms with van der Waals surface area (Å²) in [7, 11) is 0. The minimum absolute atomic E-state index is 0.0895. The van der Waals surface area contributed by atoms with Gasteiger partial charge in [-0.15, -0.1) is 0 Å². The summed E-state index contributed by atoms with van der Waals surface area (Å²) in [5.41, 5.74) is -1.76. The van der Waals surface area contributed by atoms with Crippen LogP contribution < -0.4 is 0 Å². The van der Waals surface area contributed by atoms with Gasteiger partial charge < -0.3 is 10.2 Å². The van der Waals surface area contributed by atoms with Crippen molar-refractivity contribution in [3.63, 3.8) is 0 Å². The minimum atomic E-state index is -1.51. The van der Waals surface area contributed by atoms with E-state index in [2.05, 4.69) is 13.5 Å². The number of halogens is 1. The lowest BCUT2D eigenvalue weighted by atomic mass is 9.58. The largest absolute Gasteiger partial charge is 0.505 e. The molecule has 1 spiro atoms. The average molecular weight is 455 g/mol. The molecule has 3 saturated carbocycles. The molecule has 3 aliphatic carbocycles. The lowest BCUT2D eigenvalue weighted by Crippen LogP contribution is -2.54. The number of carbonyl (C=O) groups is 5. The zero-order chi connectivity index (χ0) is 24.9. The van der Waals surface area contributed by atoms with Gasteiger partial charge in [0.25, 0.3) is 0 Å². The second-order valence-corrected chi connectivity index (χ2v) is 9.11. The highest BCUT2D eigenvalue weighted by Crippen LogP contribution is 2.71. The van der Waals surface area contributed by atoms with Gasteiger partial charge in [-0.05, 0) is 51.4 Å². The fourth-order valence-electron chi connectivity index (χ4n) is 4.70. The molecule has 0 heterocycles. The Bertz CT molecular complexity index is 779. The fourth-order valence-corrected chi connectivity index (χ4v) is 4.70. The second kappa shape index (κ2) is 11.0. The molecule has 0 aromatic heterocycles. The number of aliphatic hydroxyl groups is 1. The van der Waals surface area contributed by atoms with Crippen LogP contribution in [0.1, 0.15) is 79.1 Å². The summed E-state index contributed by atoms with van der Waals surface area (Å²) in [5.74, 6) is -4.13. The molecule has 8 heteroatoms. The summed E-state index contributed by atoms with van der Waals surface area (Å²) in [6.07, 6.45) is 3.47. The summed E-state index contributed by atoms with van der Waals surface area (Å²) in [6.45, 7) is 10.7. The Balaban J connectivity index is 0.000000300. The average Bonchev–Trinajstić information content (AvgIpc) is 3.46. The summed E-state index contributed by atoms with van der Waals surface area (Å²) in [4.78, 5) is 55.3. The first-order valence-electron chi connectivity index (χ1n) is 11.2. The molecule has 32 heavy (non-hydrogen) atoms. The van der Waals surface area contributed by atoms with Gasteiger partial charge in [0.05, 0.1) is 12.8 Å². The van der Waals surface area contributed by atoms with Gasteiger partial charge in [0.15, 0.2) is 5.76 Å². The van der Waals surface area contributed by atoms with Crippen LogP contribution in [-0.4, -0.2) is 45.0 Å². The molecule has 4 unspecified atom stereocenters. The van der Waals surface area contributed by atoms with Gasteiger partial charge in [-0.2, -0.15) is 0 Å². The topological polar surface area (TPSA) is 126 Å². The number of carboxylic acid groups (broad SMARTS) is 1. The number of hydrogen-bond acceptors (Lipinski definition) is 6. The monoisotopic (exact) mass is 454 g/mol. The Labute approximate surface area is 188 Å². The maximum atomic E-state index is 13.8. The Hall–Kier alpha value is -2.38. The highest BCUT2D eigenvalue weighted by atomic mass is 19.1. The van der Waals surface area contributed by atoms with Crippen LogP contribution in [-0.2, 0) is 24.0 Å². The van der Waals surface area contributed by atoms with Gasteiger partial charge in [-0.3, -0.25) is 19.2 Å². The van der Waals surface area contributed by atoms with Crippen molar-refractivity contribution in [3.8, 4) is 0 Å². The second-order valence-electron chi connectivity index (χ2n) is 9.11. The fraction of sp³-hybridized carbons (Fsp3) is 0.708. The lowest BCUT2D eigenvalue weighted by molar-refractivity contribution is -0.150. The van der Waals surface area contributed by atoms with E-state index in [1.54, 1.807) is 0 Å². The molecule has 180 valence electrons. The van der Waals surface area contributed by atoms with Crippen LogP contribution in [0.5, 0.6) is 0 Å². The van der Waals surface area contributed by atoms with Crippen molar-refractivity contribution in [2.45, 2.75) is 84.7 Å². The maximum Gasteiger partial charge on any atom is 0.372 e. The van der Waals surface area contributed by atoms with E-state index >= 15 is 0 Å². The molecule has 3 aliphatic rings. The van der Waals surface area contributed by atoms with Crippen LogP contribution in [0.4, 0.5) is 4.39 Å². The highest BCUT2D eigenvalue weighted by molar-refractivity contribution is 6.36. The molecular formula is C24H35FO7. The number of rotatable bonds is 8. The van der Waals surface area contributed by atoms with Gasteiger partial charge in [0.2, 0.25) is 11.6 Å². The van der Waals surface area contributed by atoms with Crippen LogP contribution in [0.25, 0.3) is 0 Å². The van der Waals surface area contributed by atoms with Gasteiger partial charge in [-0.25, -0.2) is 9.18 Å². The molecule has 0 aliphatic heterocycles. The Morgan fingerprint density at radius 2 is 1.50 bits per heavy atom. The Morgan fingerprint density at radius 1 is 0.969 bits per heavy atom. The number of carbonyl (C=O) groups excluding carboxylic acids is 4. The normalized spacial score (nSPS) is 28.7. The van der Waals surface area contributed by atoms with Crippen LogP contribution >= 0.6 is 0 Å². The van der Waals surface area contributed by atoms with Crippen LogP contribution in [0.2, 0.25) is 0 Å². The Kier molecular flexibility index (Phi) is 9.48. The minimum Gasteiger partial charge on any atom is -0.505 e. The van der Waals surface area contributed by atoms with E-state index in [0.717, 1.165) is 32.1 Å². The molecule has 0 bridgehead atoms. The third-order valence-electron chi connectivity index (χ3n) is 6.85. The summed E-state index contributed by atoms with van der Waals surface area (Å²) >= 11 is 0. The molecule has 0 radical (unpaired) electrons. The lowest BCUT2D eigenvalue weighted by Gasteiger charge is -2.48. The standard InChI is InChI=1S/C12H15FO3.C10H14O4.C2H6/c1-7(14)9(15)5-10(16)8-6-11(2,13)12(8)3-4-12;1-6-2-3-7(4-6)8(11)5-9(12)10(13)14;1-2/h8,14H,1,3-6H2,2H3;6-7H,2-5H2,1H3,(H,13,14);1-2H3.